The highest BCUT2D eigenvalue weighted by molar-refractivity contribution is 6.35. The molecular weight excluding hydrogens is 457 g/mol. The van der Waals surface area contributed by atoms with Gasteiger partial charge in [-0.3, -0.25) is 9.59 Å². The van der Waals surface area contributed by atoms with Crippen LogP contribution in [-0.4, -0.2) is 62.0 Å². The fraction of sp³-hybridized carbons (Fsp3) is 0.517. The molecule has 7 heteroatoms. The predicted molar refractivity (Wildman–Crippen MR) is 142 cm³/mol. The number of aromatic amines is 1. The van der Waals surface area contributed by atoms with Crippen molar-refractivity contribution in [1.29, 1.82) is 0 Å². The van der Waals surface area contributed by atoms with E-state index in [4.69, 9.17) is 4.74 Å². The monoisotopic (exact) mass is 495 g/mol. The Bertz CT molecular complexity index is 1160. The molecule has 6 nitrogen and oxygen atoms in total. The number of aromatic nitrogens is 1. The number of anilines is 1. The van der Waals surface area contributed by atoms with E-state index in [9.17, 15) is 14.0 Å². The van der Waals surface area contributed by atoms with Crippen LogP contribution in [0.5, 0.6) is 0 Å². The summed E-state index contributed by atoms with van der Waals surface area (Å²) in [5.74, 6) is -0.180. The smallest absolute Gasteiger partial charge is 0.259 e. The van der Waals surface area contributed by atoms with Crippen LogP contribution in [0.2, 0.25) is 0 Å². The molecule has 0 aliphatic carbocycles. The molecule has 2 atom stereocenters. The Morgan fingerprint density at radius 3 is 2.81 bits per heavy atom. The van der Waals surface area contributed by atoms with E-state index in [1.807, 2.05) is 34.9 Å². The molecule has 1 fully saturated rings. The maximum Gasteiger partial charge on any atom is 0.259 e. The lowest BCUT2D eigenvalue weighted by Gasteiger charge is -2.21. The number of carbonyl (C=O) groups is 2. The zero-order chi connectivity index (χ0) is 26.0. The number of H-pyrrole nitrogens is 1. The summed E-state index contributed by atoms with van der Waals surface area (Å²) in [7, 11) is 4.00. The van der Waals surface area contributed by atoms with Gasteiger partial charge in [-0.2, -0.15) is 0 Å². The number of nitrogens with zero attached hydrogens (tertiary/aromatic N) is 2. The molecule has 2 unspecified atom stereocenters. The second-order valence-electron chi connectivity index (χ2n) is 10.5. The molecule has 1 saturated heterocycles. The van der Waals surface area contributed by atoms with Crippen molar-refractivity contribution in [2.45, 2.75) is 46.5 Å². The van der Waals surface area contributed by atoms with Crippen LogP contribution in [0.1, 0.15) is 65.5 Å². The molecule has 0 saturated carbocycles. The summed E-state index contributed by atoms with van der Waals surface area (Å²) >= 11 is 0. The van der Waals surface area contributed by atoms with Crippen molar-refractivity contribution in [2.75, 3.05) is 45.3 Å². The molecule has 4 rings (SSSR count). The van der Waals surface area contributed by atoms with E-state index in [-0.39, 0.29) is 23.4 Å². The molecule has 1 aromatic carbocycles. The zero-order valence-corrected chi connectivity index (χ0v) is 22.1. The van der Waals surface area contributed by atoms with E-state index in [2.05, 4.69) is 9.88 Å². The van der Waals surface area contributed by atoms with Crippen LogP contribution in [0.4, 0.5) is 10.1 Å². The first-order valence-electron chi connectivity index (χ1n) is 13.0. The maximum atomic E-state index is 14.2. The molecule has 36 heavy (non-hydrogen) atoms. The van der Waals surface area contributed by atoms with Crippen molar-refractivity contribution in [2.24, 2.45) is 11.8 Å². The fourth-order valence-corrected chi connectivity index (χ4v) is 5.54. The van der Waals surface area contributed by atoms with Gasteiger partial charge in [0.25, 0.3) is 5.91 Å². The predicted octanol–water partition coefficient (Wildman–Crippen LogP) is 5.25. The lowest BCUT2D eigenvalue weighted by Crippen LogP contribution is -2.29. The third-order valence-electron chi connectivity index (χ3n) is 7.63. The van der Waals surface area contributed by atoms with E-state index < -0.39 is 0 Å². The van der Waals surface area contributed by atoms with Crippen molar-refractivity contribution >= 4 is 29.0 Å². The van der Waals surface area contributed by atoms with E-state index in [1.54, 1.807) is 17.0 Å². The number of carbonyl (C=O) groups excluding carboxylic acids is 2. The molecule has 1 amide bonds. The number of fused-ring (bicyclic) bond motifs is 1. The van der Waals surface area contributed by atoms with Gasteiger partial charge in [0.2, 0.25) is 0 Å². The molecule has 0 radical (unpaired) electrons. The fourth-order valence-electron chi connectivity index (χ4n) is 5.54. The summed E-state index contributed by atoms with van der Waals surface area (Å²) in [4.78, 5) is 34.2. The van der Waals surface area contributed by atoms with Crippen LogP contribution < -0.4 is 4.90 Å². The minimum atomic E-state index is -0.376. The van der Waals surface area contributed by atoms with E-state index in [0.29, 0.717) is 35.8 Å². The lowest BCUT2D eigenvalue weighted by atomic mass is 9.82. The minimum absolute atomic E-state index is 0.101. The van der Waals surface area contributed by atoms with Gasteiger partial charge in [-0.15, -0.1) is 0 Å². The standard InChI is InChI=1S/C29H38FN3O3/c1-18(21-8-6-14-36-15-11-21)28(34)27-19(2)25(31-20(27)3)17-24-23-16-22(30)9-10-26(23)33(29(24)35)13-7-12-32(4)5/h9-10,16-18,21,31H,6-8,11-15H2,1-5H3. The van der Waals surface area contributed by atoms with Crippen LogP contribution in [0, 0.1) is 31.5 Å². The third kappa shape index (κ3) is 5.32. The number of hydrogen-bond donors (Lipinski definition) is 1. The van der Waals surface area contributed by atoms with Crippen LogP contribution >= 0.6 is 0 Å². The first-order valence-corrected chi connectivity index (χ1v) is 13.0. The van der Waals surface area contributed by atoms with Gasteiger partial charge in [0, 0.05) is 48.2 Å². The summed E-state index contributed by atoms with van der Waals surface area (Å²) in [5.41, 5.74) is 4.83. The van der Waals surface area contributed by atoms with Crippen LogP contribution in [0.3, 0.4) is 0 Å². The summed E-state index contributed by atoms with van der Waals surface area (Å²) in [5, 5.41) is 0. The SMILES string of the molecule is Cc1[nH]c(C=C2C(=O)N(CCCN(C)C)c3ccc(F)cc32)c(C)c1C(=O)C(C)C1CCCOCC1. The molecule has 2 aliphatic rings. The second kappa shape index (κ2) is 11.1. The third-order valence-corrected chi connectivity index (χ3v) is 7.63. The highest BCUT2D eigenvalue weighted by atomic mass is 19.1. The van der Waals surface area contributed by atoms with Gasteiger partial charge in [-0.25, -0.2) is 4.39 Å². The molecule has 3 heterocycles. The number of benzene rings is 1. The van der Waals surface area contributed by atoms with Gasteiger partial charge in [-0.1, -0.05) is 6.92 Å². The Balaban J connectivity index is 1.65. The molecule has 0 bridgehead atoms. The Hall–Kier alpha value is -2.77. The zero-order valence-electron chi connectivity index (χ0n) is 22.1. The van der Waals surface area contributed by atoms with E-state index in [1.165, 1.54) is 12.1 Å². The number of ether oxygens (including phenoxy) is 1. The average molecular weight is 496 g/mol. The minimum Gasteiger partial charge on any atom is -0.381 e. The summed E-state index contributed by atoms with van der Waals surface area (Å²) < 4.78 is 19.8. The number of rotatable bonds is 8. The second-order valence-corrected chi connectivity index (χ2v) is 10.5. The van der Waals surface area contributed by atoms with E-state index in [0.717, 1.165) is 61.5 Å². The summed E-state index contributed by atoms with van der Waals surface area (Å²) in [6.07, 6.45) is 5.47. The number of nitrogens with one attached hydrogen (secondary N) is 1. The van der Waals surface area contributed by atoms with Crippen LogP contribution in [0.25, 0.3) is 11.6 Å². The van der Waals surface area contributed by atoms with Crippen molar-refractivity contribution in [3.05, 3.63) is 52.1 Å². The number of amides is 1. The number of hydrogen-bond acceptors (Lipinski definition) is 4. The highest BCUT2D eigenvalue weighted by Crippen LogP contribution is 2.39. The summed E-state index contributed by atoms with van der Waals surface area (Å²) in [6, 6.07) is 4.51. The number of aryl methyl sites for hydroxylation is 1. The van der Waals surface area contributed by atoms with Crippen molar-refractivity contribution in [1.82, 2.24) is 9.88 Å². The van der Waals surface area contributed by atoms with Crippen molar-refractivity contribution in [3.63, 3.8) is 0 Å². The maximum absolute atomic E-state index is 14.2. The van der Waals surface area contributed by atoms with Crippen molar-refractivity contribution < 1.29 is 18.7 Å². The van der Waals surface area contributed by atoms with Crippen LogP contribution in [0.15, 0.2) is 18.2 Å². The number of ketones is 1. The normalized spacial score (nSPS) is 20.2. The quantitative estimate of drug-likeness (QED) is 0.402. The molecule has 1 N–H and O–H groups in total. The highest BCUT2D eigenvalue weighted by Gasteiger charge is 2.34. The van der Waals surface area contributed by atoms with Gasteiger partial charge >= 0.3 is 0 Å². The number of Topliss-reactive ketones (excluding diaryl/α,β-unsaturated/α-hetero) is 1. The Kier molecular flexibility index (Phi) is 8.10. The van der Waals surface area contributed by atoms with Crippen molar-refractivity contribution in [3.8, 4) is 0 Å². The first kappa shape index (κ1) is 26.3. The van der Waals surface area contributed by atoms with Gasteiger partial charge < -0.3 is 19.5 Å². The molecule has 2 aromatic rings. The van der Waals surface area contributed by atoms with Gasteiger partial charge in [0.05, 0.1) is 11.3 Å². The van der Waals surface area contributed by atoms with Gasteiger partial charge in [0.15, 0.2) is 5.78 Å². The Morgan fingerprint density at radius 1 is 1.28 bits per heavy atom. The lowest BCUT2D eigenvalue weighted by molar-refractivity contribution is -0.113. The first-order chi connectivity index (χ1) is 17.2. The average Bonchev–Trinajstić information content (AvgIpc) is 3.10. The molecule has 194 valence electrons. The van der Waals surface area contributed by atoms with E-state index >= 15 is 0 Å². The molecule has 1 aromatic heterocycles. The Labute approximate surface area is 213 Å². The largest absolute Gasteiger partial charge is 0.381 e. The number of halogens is 1. The summed E-state index contributed by atoms with van der Waals surface area (Å²) in [6.45, 7) is 8.73. The topological polar surface area (TPSA) is 65.6 Å². The Morgan fingerprint density at radius 2 is 2.06 bits per heavy atom. The molecule has 0 spiro atoms. The molecule has 2 aliphatic heterocycles. The molecular formula is C29H38FN3O3. The van der Waals surface area contributed by atoms with Gasteiger partial charge in [0.1, 0.15) is 5.82 Å². The van der Waals surface area contributed by atoms with Crippen LogP contribution in [-0.2, 0) is 9.53 Å². The van der Waals surface area contributed by atoms with Gasteiger partial charge in [-0.05, 0) is 95.9 Å².